The fourth-order valence-corrected chi connectivity index (χ4v) is 1.15. The molecule has 6 heteroatoms. The van der Waals surface area contributed by atoms with Gasteiger partial charge >= 0.3 is 5.97 Å². The van der Waals surface area contributed by atoms with Crippen LogP contribution in [0.2, 0.25) is 0 Å². The molecule has 0 aliphatic carbocycles. The number of nitrogens with one attached hydrogen (secondary N) is 1. The van der Waals surface area contributed by atoms with Crippen molar-refractivity contribution >= 4 is 11.8 Å². The molecule has 0 aromatic carbocycles. The van der Waals surface area contributed by atoms with Crippen molar-refractivity contribution in [3.63, 3.8) is 0 Å². The van der Waals surface area contributed by atoms with E-state index in [9.17, 15) is 4.79 Å². The lowest BCUT2D eigenvalue weighted by Crippen LogP contribution is -2.13. The summed E-state index contributed by atoms with van der Waals surface area (Å²) in [6.07, 6.45) is 0. The van der Waals surface area contributed by atoms with E-state index in [0.29, 0.717) is 32.2 Å². The summed E-state index contributed by atoms with van der Waals surface area (Å²) in [5.41, 5.74) is 0.0234. The summed E-state index contributed by atoms with van der Waals surface area (Å²) in [7, 11) is 1.61. The van der Waals surface area contributed by atoms with E-state index in [-0.39, 0.29) is 5.69 Å². The molecule has 0 saturated heterocycles. The molecule has 0 spiro atoms. The molecule has 0 saturated carbocycles. The highest BCUT2D eigenvalue weighted by Crippen LogP contribution is 2.04. The molecule has 1 aromatic heterocycles. The maximum absolute atomic E-state index is 10.7. The van der Waals surface area contributed by atoms with Gasteiger partial charge in [0.2, 0.25) is 0 Å². The number of nitrogens with zero attached hydrogens (tertiary/aromatic N) is 1. The number of hydrogen-bond donors (Lipinski definition) is 2. The first kappa shape index (κ1) is 13.4. The summed E-state index contributed by atoms with van der Waals surface area (Å²) in [6, 6.07) is 4.80. The van der Waals surface area contributed by atoms with Gasteiger partial charge < -0.3 is 19.9 Å². The van der Waals surface area contributed by atoms with Gasteiger partial charge in [-0.25, -0.2) is 9.78 Å². The van der Waals surface area contributed by atoms with E-state index in [4.69, 9.17) is 14.6 Å². The third-order valence-corrected chi connectivity index (χ3v) is 1.95. The molecule has 94 valence electrons. The van der Waals surface area contributed by atoms with Crippen molar-refractivity contribution in [1.29, 1.82) is 0 Å². The van der Waals surface area contributed by atoms with Crippen molar-refractivity contribution in [3.8, 4) is 0 Å². The summed E-state index contributed by atoms with van der Waals surface area (Å²) < 4.78 is 10.1. The third-order valence-electron chi connectivity index (χ3n) is 1.95. The van der Waals surface area contributed by atoms with Crippen LogP contribution in [0.3, 0.4) is 0 Å². The molecule has 0 fully saturated rings. The van der Waals surface area contributed by atoms with Crippen LogP contribution >= 0.6 is 0 Å². The van der Waals surface area contributed by atoms with Crippen molar-refractivity contribution in [3.05, 3.63) is 23.9 Å². The van der Waals surface area contributed by atoms with Gasteiger partial charge in [-0.1, -0.05) is 6.07 Å². The minimum absolute atomic E-state index is 0.0234. The highest BCUT2D eigenvalue weighted by molar-refractivity contribution is 5.85. The second-order valence-corrected chi connectivity index (χ2v) is 3.25. The Kier molecular flexibility index (Phi) is 5.98. The maximum atomic E-state index is 10.7. The van der Waals surface area contributed by atoms with Gasteiger partial charge in [0.1, 0.15) is 5.82 Å². The molecule has 0 amide bonds. The molecule has 1 aromatic rings. The first-order chi connectivity index (χ1) is 8.24. The molecular weight excluding hydrogens is 224 g/mol. The number of carbonyl (C=O) groups is 1. The van der Waals surface area contributed by atoms with E-state index in [1.54, 1.807) is 19.2 Å². The van der Waals surface area contributed by atoms with Crippen LogP contribution in [-0.2, 0) is 9.47 Å². The molecule has 0 aliphatic heterocycles. The first-order valence-electron chi connectivity index (χ1n) is 5.25. The van der Waals surface area contributed by atoms with Crippen LogP contribution in [0.15, 0.2) is 18.2 Å². The minimum Gasteiger partial charge on any atom is -0.477 e. The minimum atomic E-state index is -1.04. The topological polar surface area (TPSA) is 80.7 Å². The van der Waals surface area contributed by atoms with Gasteiger partial charge in [-0.15, -0.1) is 0 Å². The van der Waals surface area contributed by atoms with Crippen LogP contribution in [0, 0.1) is 0 Å². The Morgan fingerprint density at radius 1 is 1.41 bits per heavy atom. The normalized spacial score (nSPS) is 10.2. The number of methoxy groups -OCH3 is 1. The van der Waals surface area contributed by atoms with Gasteiger partial charge in [0.05, 0.1) is 19.8 Å². The summed E-state index contributed by atoms with van der Waals surface area (Å²) in [4.78, 5) is 14.6. The molecule has 6 nitrogen and oxygen atoms in total. The number of carboxylic acid groups (broad SMARTS) is 1. The molecule has 0 radical (unpaired) electrons. The first-order valence-corrected chi connectivity index (χ1v) is 5.25. The van der Waals surface area contributed by atoms with Gasteiger partial charge in [-0.2, -0.15) is 0 Å². The van der Waals surface area contributed by atoms with Crippen LogP contribution in [0.5, 0.6) is 0 Å². The van der Waals surface area contributed by atoms with E-state index >= 15 is 0 Å². The molecule has 0 atom stereocenters. The van der Waals surface area contributed by atoms with Gasteiger partial charge in [0.15, 0.2) is 5.69 Å². The smallest absolute Gasteiger partial charge is 0.354 e. The lowest BCUT2D eigenvalue weighted by molar-refractivity contribution is 0.0690. The van der Waals surface area contributed by atoms with Crippen molar-refractivity contribution in [2.24, 2.45) is 0 Å². The monoisotopic (exact) mass is 240 g/mol. The van der Waals surface area contributed by atoms with Crippen LogP contribution in [-0.4, -0.2) is 49.5 Å². The van der Waals surface area contributed by atoms with Crippen LogP contribution in [0.4, 0.5) is 5.82 Å². The zero-order valence-corrected chi connectivity index (χ0v) is 9.68. The zero-order chi connectivity index (χ0) is 12.5. The standard InChI is InChI=1S/C11H16N2O4/c1-16-7-8-17-6-5-12-10-4-2-3-9(13-10)11(14)15/h2-4H,5-8H2,1H3,(H,12,13)(H,14,15). The Labute approximate surface area is 99.6 Å². The van der Waals surface area contributed by atoms with Crippen LogP contribution in [0.1, 0.15) is 10.5 Å². The molecule has 1 heterocycles. The summed E-state index contributed by atoms with van der Waals surface area (Å²) in [5.74, 6) is -0.509. The number of ether oxygens (including phenoxy) is 2. The van der Waals surface area contributed by atoms with E-state index in [0.717, 1.165) is 0 Å². The molecule has 0 bridgehead atoms. The van der Waals surface area contributed by atoms with Crippen molar-refractivity contribution in [2.45, 2.75) is 0 Å². The fourth-order valence-electron chi connectivity index (χ4n) is 1.15. The molecule has 2 N–H and O–H groups in total. The highest BCUT2D eigenvalue weighted by atomic mass is 16.5. The number of aromatic nitrogens is 1. The van der Waals surface area contributed by atoms with Gasteiger partial charge in [0.25, 0.3) is 0 Å². The van der Waals surface area contributed by atoms with Crippen molar-refractivity contribution in [1.82, 2.24) is 4.98 Å². The predicted octanol–water partition coefficient (Wildman–Crippen LogP) is 0.855. The van der Waals surface area contributed by atoms with Crippen LogP contribution < -0.4 is 5.32 Å². The van der Waals surface area contributed by atoms with Gasteiger partial charge in [-0.3, -0.25) is 0 Å². The maximum Gasteiger partial charge on any atom is 0.354 e. The molecule has 0 aliphatic rings. The third kappa shape index (κ3) is 5.28. The molecule has 1 rings (SSSR count). The second kappa shape index (κ2) is 7.59. The molecule has 17 heavy (non-hydrogen) atoms. The number of rotatable bonds is 8. The SMILES string of the molecule is COCCOCCNc1cccc(C(=O)O)n1. The Balaban J connectivity index is 2.27. The number of hydrogen-bond acceptors (Lipinski definition) is 5. The van der Waals surface area contributed by atoms with E-state index in [1.807, 2.05) is 0 Å². The van der Waals surface area contributed by atoms with E-state index in [1.165, 1.54) is 6.07 Å². The summed E-state index contributed by atoms with van der Waals surface area (Å²) >= 11 is 0. The Morgan fingerprint density at radius 2 is 2.24 bits per heavy atom. The largest absolute Gasteiger partial charge is 0.477 e. The lowest BCUT2D eigenvalue weighted by Gasteiger charge is -2.06. The zero-order valence-electron chi connectivity index (χ0n) is 9.68. The Hall–Kier alpha value is -1.66. The van der Waals surface area contributed by atoms with E-state index in [2.05, 4.69) is 10.3 Å². The van der Waals surface area contributed by atoms with Crippen molar-refractivity contribution < 1.29 is 19.4 Å². The van der Waals surface area contributed by atoms with Gasteiger partial charge in [0, 0.05) is 13.7 Å². The van der Waals surface area contributed by atoms with Gasteiger partial charge in [-0.05, 0) is 12.1 Å². The summed E-state index contributed by atoms with van der Waals surface area (Å²) in [6.45, 7) is 2.19. The highest BCUT2D eigenvalue weighted by Gasteiger charge is 2.04. The van der Waals surface area contributed by atoms with Crippen LogP contribution in [0.25, 0.3) is 0 Å². The average molecular weight is 240 g/mol. The Bertz CT molecular complexity index is 357. The van der Waals surface area contributed by atoms with E-state index < -0.39 is 5.97 Å². The Morgan fingerprint density at radius 3 is 2.94 bits per heavy atom. The lowest BCUT2D eigenvalue weighted by atomic mass is 10.3. The average Bonchev–Trinajstić information content (AvgIpc) is 2.34. The number of pyridine rings is 1. The number of aromatic carboxylic acids is 1. The number of anilines is 1. The second-order valence-electron chi connectivity index (χ2n) is 3.25. The van der Waals surface area contributed by atoms with Crippen molar-refractivity contribution in [2.75, 3.05) is 38.8 Å². The molecular formula is C11H16N2O4. The quantitative estimate of drug-likeness (QED) is 0.656. The predicted molar refractivity (Wildman–Crippen MR) is 62.4 cm³/mol. The fraction of sp³-hybridized carbons (Fsp3) is 0.455. The number of carboxylic acids is 1. The summed E-state index contributed by atoms with van der Waals surface area (Å²) in [5, 5.41) is 11.7. The molecule has 0 unspecified atom stereocenters.